The molecule has 0 bridgehead atoms. The Morgan fingerprint density at radius 3 is 2.33 bits per heavy atom. The molecule has 0 saturated carbocycles. The molecule has 1 N–H and O–H groups in total. The van der Waals surface area contributed by atoms with Gasteiger partial charge in [0.1, 0.15) is 6.04 Å². The summed E-state index contributed by atoms with van der Waals surface area (Å²) >= 11 is 6.31. The molecule has 5 heteroatoms. The number of carbonyl (C=O) groups excluding carboxylic acids is 2. The first-order valence-electron chi connectivity index (χ1n) is 11.4. The SMILES string of the molecule is CCNC(=O)[C@H](Cc1ccccc1)N(Cc1cccc(C)c1)C(=O)CCc1ccccc1Cl. The minimum Gasteiger partial charge on any atom is -0.355 e. The number of nitrogens with zero attached hydrogens (tertiary/aromatic N) is 1. The summed E-state index contributed by atoms with van der Waals surface area (Å²) in [6.07, 6.45) is 1.26. The summed E-state index contributed by atoms with van der Waals surface area (Å²) in [7, 11) is 0. The van der Waals surface area contributed by atoms with Crippen LogP contribution < -0.4 is 5.32 Å². The molecule has 0 aliphatic rings. The topological polar surface area (TPSA) is 49.4 Å². The normalized spacial score (nSPS) is 11.6. The van der Waals surface area contributed by atoms with Crippen molar-refractivity contribution in [1.29, 1.82) is 0 Å². The molecule has 3 aromatic rings. The average molecular weight is 463 g/mol. The smallest absolute Gasteiger partial charge is 0.243 e. The summed E-state index contributed by atoms with van der Waals surface area (Å²) in [5.74, 6) is -0.205. The van der Waals surface area contributed by atoms with Gasteiger partial charge in [-0.05, 0) is 43.0 Å². The quantitative estimate of drug-likeness (QED) is 0.441. The Morgan fingerprint density at radius 1 is 0.939 bits per heavy atom. The van der Waals surface area contributed by atoms with Gasteiger partial charge in [0.2, 0.25) is 11.8 Å². The first-order valence-corrected chi connectivity index (χ1v) is 11.8. The number of nitrogens with one attached hydrogen (secondary N) is 1. The number of amides is 2. The number of likely N-dealkylation sites (N-methyl/N-ethyl adjacent to an activating group) is 1. The number of hydrogen-bond donors (Lipinski definition) is 1. The van der Waals surface area contributed by atoms with Crippen LogP contribution in [0.1, 0.15) is 35.6 Å². The van der Waals surface area contributed by atoms with Crippen LogP contribution in [0.3, 0.4) is 0 Å². The molecule has 0 aliphatic heterocycles. The zero-order valence-electron chi connectivity index (χ0n) is 19.3. The van der Waals surface area contributed by atoms with Gasteiger partial charge in [-0.1, -0.05) is 90.0 Å². The molecule has 0 heterocycles. The molecule has 0 fully saturated rings. The van der Waals surface area contributed by atoms with Gasteiger partial charge in [0, 0.05) is 31.0 Å². The van der Waals surface area contributed by atoms with Crippen molar-refractivity contribution in [2.45, 2.75) is 45.7 Å². The predicted octanol–water partition coefficient (Wildman–Crippen LogP) is 5.36. The van der Waals surface area contributed by atoms with Gasteiger partial charge in [-0.15, -0.1) is 0 Å². The molecule has 0 aromatic heterocycles. The highest BCUT2D eigenvalue weighted by Gasteiger charge is 2.30. The molecule has 33 heavy (non-hydrogen) atoms. The summed E-state index contributed by atoms with van der Waals surface area (Å²) in [6, 6.07) is 24.9. The van der Waals surface area contributed by atoms with Gasteiger partial charge >= 0.3 is 0 Å². The van der Waals surface area contributed by atoms with Crippen molar-refractivity contribution in [2.24, 2.45) is 0 Å². The average Bonchev–Trinajstić information content (AvgIpc) is 2.81. The molecule has 4 nitrogen and oxygen atoms in total. The number of benzene rings is 3. The molecular weight excluding hydrogens is 432 g/mol. The van der Waals surface area contributed by atoms with Crippen molar-refractivity contribution in [3.63, 3.8) is 0 Å². The fourth-order valence-electron chi connectivity index (χ4n) is 3.94. The Morgan fingerprint density at radius 2 is 1.64 bits per heavy atom. The third-order valence-electron chi connectivity index (χ3n) is 5.62. The second-order valence-corrected chi connectivity index (χ2v) is 8.61. The van der Waals surface area contributed by atoms with Gasteiger partial charge in [0.25, 0.3) is 0 Å². The summed E-state index contributed by atoms with van der Waals surface area (Å²) in [4.78, 5) is 28.4. The van der Waals surface area contributed by atoms with Crippen molar-refractivity contribution >= 4 is 23.4 Å². The standard InChI is InChI=1S/C28H31ClN2O2/c1-3-30-28(33)26(19-22-11-5-4-6-12-22)31(20-23-13-9-10-21(2)18-23)27(32)17-16-24-14-7-8-15-25(24)29/h4-15,18,26H,3,16-17,19-20H2,1-2H3,(H,30,33)/t26-/m0/s1. The summed E-state index contributed by atoms with van der Waals surface area (Å²) in [5.41, 5.74) is 4.07. The van der Waals surface area contributed by atoms with Crippen molar-refractivity contribution in [2.75, 3.05) is 6.54 Å². The lowest BCUT2D eigenvalue weighted by Gasteiger charge is -2.31. The van der Waals surface area contributed by atoms with Crippen LogP contribution in [0.15, 0.2) is 78.9 Å². The second kappa shape index (κ2) is 12.2. The zero-order valence-corrected chi connectivity index (χ0v) is 20.0. The summed E-state index contributed by atoms with van der Waals surface area (Å²) < 4.78 is 0. The van der Waals surface area contributed by atoms with Crippen molar-refractivity contribution < 1.29 is 9.59 Å². The highest BCUT2D eigenvalue weighted by atomic mass is 35.5. The first-order chi connectivity index (χ1) is 16.0. The van der Waals surface area contributed by atoms with Crippen LogP contribution >= 0.6 is 11.6 Å². The Balaban J connectivity index is 1.90. The van der Waals surface area contributed by atoms with E-state index in [0.717, 1.165) is 22.3 Å². The first kappa shape index (κ1) is 24.5. The van der Waals surface area contributed by atoms with E-state index < -0.39 is 6.04 Å². The van der Waals surface area contributed by atoms with E-state index in [4.69, 9.17) is 11.6 Å². The molecule has 172 valence electrons. The maximum absolute atomic E-state index is 13.6. The van der Waals surface area contributed by atoms with Crippen LogP contribution in [0, 0.1) is 6.92 Å². The minimum atomic E-state index is -0.605. The van der Waals surface area contributed by atoms with Gasteiger partial charge in [-0.3, -0.25) is 9.59 Å². The second-order valence-electron chi connectivity index (χ2n) is 8.20. The highest BCUT2D eigenvalue weighted by molar-refractivity contribution is 6.31. The summed E-state index contributed by atoms with van der Waals surface area (Å²) in [5, 5.41) is 3.58. The Labute approximate surface area is 201 Å². The molecule has 0 unspecified atom stereocenters. The van der Waals surface area contributed by atoms with Crippen LogP contribution in [0.5, 0.6) is 0 Å². The third kappa shape index (κ3) is 7.19. The van der Waals surface area contributed by atoms with E-state index >= 15 is 0 Å². The van der Waals surface area contributed by atoms with Gasteiger partial charge in [0.05, 0.1) is 0 Å². The van der Waals surface area contributed by atoms with Crippen LogP contribution in [0.4, 0.5) is 0 Å². The Hall–Kier alpha value is -3.11. The van der Waals surface area contributed by atoms with Crippen LogP contribution in [-0.2, 0) is 29.0 Å². The van der Waals surface area contributed by atoms with E-state index in [0.29, 0.717) is 31.0 Å². The van der Waals surface area contributed by atoms with E-state index in [-0.39, 0.29) is 18.2 Å². The van der Waals surface area contributed by atoms with Gasteiger partial charge < -0.3 is 10.2 Å². The molecule has 0 aliphatic carbocycles. The molecular formula is C28H31ClN2O2. The third-order valence-corrected chi connectivity index (χ3v) is 5.99. The molecule has 0 saturated heterocycles. The molecule has 0 radical (unpaired) electrons. The van der Waals surface area contributed by atoms with E-state index in [1.807, 2.05) is 86.6 Å². The fraction of sp³-hybridized carbons (Fsp3) is 0.286. The Bertz CT molecular complexity index is 1070. The maximum atomic E-state index is 13.6. The van der Waals surface area contributed by atoms with Crippen LogP contribution in [0.25, 0.3) is 0 Å². The van der Waals surface area contributed by atoms with Gasteiger partial charge in [-0.2, -0.15) is 0 Å². The molecule has 1 atom stereocenters. The monoisotopic (exact) mass is 462 g/mol. The molecule has 3 rings (SSSR count). The van der Waals surface area contributed by atoms with Crippen LogP contribution in [-0.4, -0.2) is 29.3 Å². The summed E-state index contributed by atoms with van der Waals surface area (Å²) in [6.45, 7) is 4.80. The van der Waals surface area contributed by atoms with E-state index in [9.17, 15) is 9.59 Å². The lowest BCUT2D eigenvalue weighted by Crippen LogP contribution is -2.50. The number of rotatable bonds is 10. The zero-order chi connectivity index (χ0) is 23.6. The van der Waals surface area contributed by atoms with E-state index in [2.05, 4.69) is 11.4 Å². The molecule has 0 spiro atoms. The van der Waals surface area contributed by atoms with Crippen molar-refractivity contribution in [1.82, 2.24) is 10.2 Å². The highest BCUT2D eigenvalue weighted by Crippen LogP contribution is 2.20. The number of halogens is 1. The minimum absolute atomic E-state index is 0.0661. The number of aryl methyl sites for hydroxylation is 2. The Kier molecular flexibility index (Phi) is 9.08. The fourth-order valence-corrected chi connectivity index (χ4v) is 4.17. The van der Waals surface area contributed by atoms with Crippen molar-refractivity contribution in [3.05, 3.63) is 106 Å². The van der Waals surface area contributed by atoms with E-state index in [1.54, 1.807) is 4.90 Å². The number of carbonyl (C=O) groups is 2. The predicted molar refractivity (Wildman–Crippen MR) is 134 cm³/mol. The van der Waals surface area contributed by atoms with Crippen LogP contribution in [0.2, 0.25) is 5.02 Å². The van der Waals surface area contributed by atoms with Crippen molar-refractivity contribution in [3.8, 4) is 0 Å². The van der Waals surface area contributed by atoms with E-state index in [1.165, 1.54) is 0 Å². The maximum Gasteiger partial charge on any atom is 0.243 e. The van der Waals surface area contributed by atoms with Gasteiger partial charge in [-0.25, -0.2) is 0 Å². The number of hydrogen-bond acceptors (Lipinski definition) is 2. The lowest BCUT2D eigenvalue weighted by molar-refractivity contribution is -0.141. The lowest BCUT2D eigenvalue weighted by atomic mass is 10.0. The largest absolute Gasteiger partial charge is 0.355 e. The molecule has 2 amide bonds. The molecule has 3 aromatic carbocycles. The van der Waals surface area contributed by atoms with Gasteiger partial charge in [0.15, 0.2) is 0 Å².